The lowest BCUT2D eigenvalue weighted by Crippen LogP contribution is -2.30. The molecule has 0 aliphatic carbocycles. The number of aromatic nitrogens is 1. The van der Waals surface area contributed by atoms with Crippen molar-refractivity contribution in [1.82, 2.24) is 9.88 Å². The molecule has 5 heteroatoms. The molecule has 3 aromatic rings. The van der Waals surface area contributed by atoms with Crippen molar-refractivity contribution < 1.29 is 4.74 Å². The van der Waals surface area contributed by atoms with Crippen molar-refractivity contribution >= 4 is 17.0 Å². The molecule has 0 radical (unpaired) electrons. The van der Waals surface area contributed by atoms with Crippen molar-refractivity contribution in [2.45, 2.75) is 13.0 Å². The summed E-state index contributed by atoms with van der Waals surface area (Å²) >= 11 is 1.74. The minimum atomic E-state index is 0.910. The molecular weight excluding hydrogens is 354 g/mol. The zero-order valence-electron chi connectivity index (χ0n) is 15.7. The summed E-state index contributed by atoms with van der Waals surface area (Å²) in [5, 5.41) is 3.31. The van der Waals surface area contributed by atoms with E-state index in [1.54, 1.807) is 18.4 Å². The van der Waals surface area contributed by atoms with Crippen molar-refractivity contribution in [3.05, 3.63) is 65.7 Å². The van der Waals surface area contributed by atoms with Crippen LogP contribution in [0.1, 0.15) is 12.1 Å². The van der Waals surface area contributed by atoms with Crippen molar-refractivity contribution in [3.8, 4) is 16.3 Å². The Kier molecular flexibility index (Phi) is 5.70. The number of methoxy groups -OCH3 is 1. The lowest BCUT2D eigenvalue weighted by Gasteiger charge is -2.23. The van der Waals surface area contributed by atoms with Gasteiger partial charge in [0.05, 0.1) is 12.8 Å². The first-order chi connectivity index (χ1) is 13.3. The molecule has 140 valence electrons. The highest BCUT2D eigenvalue weighted by Crippen LogP contribution is 2.25. The van der Waals surface area contributed by atoms with Gasteiger partial charge in [-0.05, 0) is 30.7 Å². The maximum atomic E-state index is 5.27. The number of benzene rings is 2. The number of ether oxygens (including phenoxy) is 1. The predicted octanol–water partition coefficient (Wildman–Crippen LogP) is 4.53. The molecular formula is C22H25N3OS. The van der Waals surface area contributed by atoms with Gasteiger partial charge in [0.2, 0.25) is 0 Å². The van der Waals surface area contributed by atoms with Gasteiger partial charge in [-0.2, -0.15) is 0 Å². The summed E-state index contributed by atoms with van der Waals surface area (Å²) in [7, 11) is 1.71. The summed E-state index contributed by atoms with van der Waals surface area (Å²) in [5.74, 6) is 0.910. The molecule has 1 saturated heterocycles. The fourth-order valence-corrected chi connectivity index (χ4v) is 4.32. The number of nitrogens with zero attached hydrogens (tertiary/aromatic N) is 3. The van der Waals surface area contributed by atoms with E-state index in [9.17, 15) is 0 Å². The Balaban J connectivity index is 1.36. The molecule has 0 unspecified atom stereocenters. The summed E-state index contributed by atoms with van der Waals surface area (Å²) in [6.07, 6.45) is 1.17. The van der Waals surface area contributed by atoms with Crippen molar-refractivity contribution in [1.29, 1.82) is 0 Å². The van der Waals surface area contributed by atoms with Crippen LogP contribution in [0.4, 0.5) is 5.69 Å². The fourth-order valence-electron chi connectivity index (χ4n) is 3.50. The maximum Gasteiger partial charge on any atom is 0.123 e. The molecule has 27 heavy (non-hydrogen) atoms. The Hall–Kier alpha value is -2.37. The van der Waals surface area contributed by atoms with Crippen LogP contribution in [0, 0.1) is 0 Å². The fraction of sp³-hybridized carbons (Fsp3) is 0.318. The summed E-state index contributed by atoms with van der Waals surface area (Å²) in [6, 6.07) is 18.8. The zero-order chi connectivity index (χ0) is 18.5. The predicted molar refractivity (Wildman–Crippen MR) is 113 cm³/mol. The second-order valence-corrected chi connectivity index (χ2v) is 7.68. The highest BCUT2D eigenvalue weighted by molar-refractivity contribution is 7.13. The highest BCUT2D eigenvalue weighted by Gasteiger charge is 2.16. The third-order valence-corrected chi connectivity index (χ3v) is 5.92. The number of hydrogen-bond donors (Lipinski definition) is 0. The van der Waals surface area contributed by atoms with E-state index < -0.39 is 0 Å². The Morgan fingerprint density at radius 2 is 1.78 bits per heavy atom. The van der Waals surface area contributed by atoms with Crippen LogP contribution in [0.25, 0.3) is 10.6 Å². The monoisotopic (exact) mass is 379 g/mol. The van der Waals surface area contributed by atoms with E-state index in [4.69, 9.17) is 9.72 Å². The van der Waals surface area contributed by atoms with Gasteiger partial charge >= 0.3 is 0 Å². The molecule has 1 aromatic heterocycles. The molecule has 0 spiro atoms. The van der Waals surface area contributed by atoms with Gasteiger partial charge < -0.3 is 9.64 Å². The minimum Gasteiger partial charge on any atom is -0.497 e. The summed E-state index contributed by atoms with van der Waals surface area (Å²) in [6.45, 7) is 5.24. The van der Waals surface area contributed by atoms with E-state index in [1.807, 2.05) is 18.2 Å². The quantitative estimate of drug-likeness (QED) is 0.651. The lowest BCUT2D eigenvalue weighted by atomic mass is 10.2. The van der Waals surface area contributed by atoms with Gasteiger partial charge in [0, 0.05) is 49.4 Å². The SMILES string of the molecule is COc1ccc(N2CCCN(Cc3csc(-c4ccccc4)n3)CC2)cc1. The Morgan fingerprint density at radius 3 is 2.56 bits per heavy atom. The van der Waals surface area contributed by atoms with Crippen LogP contribution in [-0.2, 0) is 6.54 Å². The molecule has 1 aliphatic rings. The van der Waals surface area contributed by atoms with E-state index in [1.165, 1.54) is 23.4 Å². The van der Waals surface area contributed by atoms with Gasteiger partial charge in [-0.25, -0.2) is 4.98 Å². The van der Waals surface area contributed by atoms with Gasteiger partial charge in [-0.15, -0.1) is 11.3 Å². The Labute approximate surface area is 165 Å². The normalized spacial score (nSPS) is 15.5. The van der Waals surface area contributed by atoms with Crippen LogP contribution in [0.2, 0.25) is 0 Å². The summed E-state index contributed by atoms with van der Waals surface area (Å²) in [4.78, 5) is 9.84. The number of rotatable bonds is 5. The zero-order valence-corrected chi connectivity index (χ0v) is 16.5. The lowest BCUT2D eigenvalue weighted by molar-refractivity contribution is 0.282. The third kappa shape index (κ3) is 4.49. The third-order valence-electron chi connectivity index (χ3n) is 4.98. The molecule has 0 amide bonds. The van der Waals surface area contributed by atoms with E-state index in [0.717, 1.165) is 43.5 Å². The maximum absolute atomic E-state index is 5.27. The smallest absolute Gasteiger partial charge is 0.123 e. The van der Waals surface area contributed by atoms with Crippen LogP contribution in [0.5, 0.6) is 5.75 Å². The first-order valence-corrected chi connectivity index (χ1v) is 10.3. The molecule has 2 aromatic carbocycles. The number of anilines is 1. The molecule has 1 aliphatic heterocycles. The average Bonchev–Trinajstić information content (AvgIpc) is 3.07. The van der Waals surface area contributed by atoms with Crippen LogP contribution in [0.15, 0.2) is 60.0 Å². The van der Waals surface area contributed by atoms with Gasteiger partial charge in [0.1, 0.15) is 10.8 Å². The van der Waals surface area contributed by atoms with Crippen molar-refractivity contribution in [3.63, 3.8) is 0 Å². The van der Waals surface area contributed by atoms with Gasteiger partial charge in [-0.3, -0.25) is 4.90 Å². The standard InChI is InChI=1S/C22H25N3OS/c1-26-21-10-8-20(9-11-21)25-13-5-12-24(14-15-25)16-19-17-27-22(23-19)18-6-3-2-4-7-18/h2-4,6-11,17H,5,12-16H2,1H3. The van der Waals surface area contributed by atoms with E-state index in [0.29, 0.717) is 0 Å². The first-order valence-electron chi connectivity index (χ1n) is 9.43. The molecule has 0 atom stereocenters. The molecule has 2 heterocycles. The van der Waals surface area contributed by atoms with Crippen LogP contribution in [-0.4, -0.2) is 43.2 Å². The van der Waals surface area contributed by atoms with Crippen molar-refractivity contribution in [2.24, 2.45) is 0 Å². The first kappa shape index (κ1) is 18.0. The van der Waals surface area contributed by atoms with E-state index in [-0.39, 0.29) is 0 Å². The van der Waals surface area contributed by atoms with E-state index >= 15 is 0 Å². The van der Waals surface area contributed by atoms with Crippen LogP contribution in [0.3, 0.4) is 0 Å². The van der Waals surface area contributed by atoms with Crippen LogP contribution >= 0.6 is 11.3 Å². The summed E-state index contributed by atoms with van der Waals surface area (Å²) in [5.41, 5.74) is 3.66. The molecule has 4 nitrogen and oxygen atoms in total. The van der Waals surface area contributed by atoms with E-state index in [2.05, 4.69) is 51.6 Å². The average molecular weight is 380 g/mol. The molecule has 0 N–H and O–H groups in total. The van der Waals surface area contributed by atoms with Gasteiger partial charge in [0.15, 0.2) is 0 Å². The molecule has 4 rings (SSSR count). The largest absolute Gasteiger partial charge is 0.497 e. The number of hydrogen-bond acceptors (Lipinski definition) is 5. The topological polar surface area (TPSA) is 28.6 Å². The second kappa shape index (κ2) is 8.55. The summed E-state index contributed by atoms with van der Waals surface area (Å²) < 4.78 is 5.27. The molecule has 0 saturated carbocycles. The van der Waals surface area contributed by atoms with Crippen molar-refractivity contribution in [2.75, 3.05) is 38.2 Å². The minimum absolute atomic E-state index is 0.910. The molecule has 1 fully saturated rings. The Bertz CT molecular complexity index is 848. The second-order valence-electron chi connectivity index (χ2n) is 6.82. The number of thiazole rings is 1. The highest BCUT2D eigenvalue weighted by atomic mass is 32.1. The Morgan fingerprint density at radius 1 is 0.963 bits per heavy atom. The van der Waals surface area contributed by atoms with Crippen LogP contribution < -0.4 is 9.64 Å². The molecule has 0 bridgehead atoms. The van der Waals surface area contributed by atoms with Gasteiger partial charge in [0.25, 0.3) is 0 Å². The van der Waals surface area contributed by atoms with Gasteiger partial charge in [-0.1, -0.05) is 30.3 Å².